The lowest BCUT2D eigenvalue weighted by Crippen LogP contribution is -2.12. The summed E-state index contributed by atoms with van der Waals surface area (Å²) in [4.78, 5) is 4.27. The number of pyridine rings is 1. The fourth-order valence-corrected chi connectivity index (χ4v) is 2.26. The zero-order valence-electron chi connectivity index (χ0n) is 9.81. The monoisotopic (exact) mass is 280 g/mol. The molecule has 0 amide bonds. The van der Waals surface area contributed by atoms with Gasteiger partial charge in [-0.1, -0.05) is 41.4 Å². The highest BCUT2D eigenvalue weighted by Crippen LogP contribution is 2.30. The standard InChI is InChI=1S/C14H14Cl2N2/c15-12-6-3-5-11(14(12)16)13(17)8-7-10-4-1-2-9-18-10/h1-6,9,13H,7-8,17H2. The minimum absolute atomic E-state index is 0.127. The van der Waals surface area contributed by atoms with Crippen LogP contribution in [0.1, 0.15) is 23.7 Å². The topological polar surface area (TPSA) is 38.9 Å². The summed E-state index contributed by atoms with van der Waals surface area (Å²) in [6.45, 7) is 0. The summed E-state index contributed by atoms with van der Waals surface area (Å²) in [6, 6.07) is 11.3. The number of rotatable bonds is 4. The molecule has 0 bridgehead atoms. The van der Waals surface area contributed by atoms with Crippen LogP contribution in [0.25, 0.3) is 0 Å². The van der Waals surface area contributed by atoms with Crippen LogP contribution in [0, 0.1) is 0 Å². The highest BCUT2D eigenvalue weighted by molar-refractivity contribution is 6.42. The second kappa shape index (κ2) is 6.19. The predicted octanol–water partition coefficient (Wildman–Crippen LogP) is 4.02. The van der Waals surface area contributed by atoms with Crippen LogP contribution in [0.4, 0.5) is 0 Å². The predicted molar refractivity (Wildman–Crippen MR) is 75.9 cm³/mol. The lowest BCUT2D eigenvalue weighted by Gasteiger charge is -2.14. The zero-order valence-corrected chi connectivity index (χ0v) is 11.3. The van der Waals surface area contributed by atoms with Gasteiger partial charge in [-0.3, -0.25) is 4.98 Å². The molecule has 0 radical (unpaired) electrons. The van der Waals surface area contributed by atoms with E-state index in [2.05, 4.69) is 4.98 Å². The maximum Gasteiger partial charge on any atom is 0.0640 e. The quantitative estimate of drug-likeness (QED) is 0.919. The number of aryl methyl sites for hydroxylation is 1. The molecule has 2 rings (SSSR count). The summed E-state index contributed by atoms with van der Waals surface area (Å²) in [6.07, 6.45) is 3.40. The SMILES string of the molecule is NC(CCc1ccccn1)c1cccc(Cl)c1Cl. The van der Waals surface area contributed by atoms with Crippen molar-refractivity contribution in [2.75, 3.05) is 0 Å². The van der Waals surface area contributed by atoms with Gasteiger partial charge >= 0.3 is 0 Å². The van der Waals surface area contributed by atoms with Crippen LogP contribution in [0.3, 0.4) is 0 Å². The number of nitrogens with two attached hydrogens (primary N) is 1. The average molecular weight is 281 g/mol. The summed E-state index contributed by atoms with van der Waals surface area (Å²) >= 11 is 12.1. The first-order valence-corrected chi connectivity index (χ1v) is 6.53. The Morgan fingerprint density at radius 1 is 1.11 bits per heavy atom. The first-order valence-electron chi connectivity index (χ1n) is 5.78. The Morgan fingerprint density at radius 2 is 1.94 bits per heavy atom. The summed E-state index contributed by atoms with van der Waals surface area (Å²) in [5.74, 6) is 0. The van der Waals surface area contributed by atoms with Gasteiger partial charge in [-0.2, -0.15) is 0 Å². The molecular weight excluding hydrogens is 267 g/mol. The smallest absolute Gasteiger partial charge is 0.0640 e. The van der Waals surface area contributed by atoms with Crippen molar-refractivity contribution in [3.8, 4) is 0 Å². The third-order valence-electron chi connectivity index (χ3n) is 2.82. The number of benzene rings is 1. The molecule has 1 heterocycles. The van der Waals surface area contributed by atoms with Gasteiger partial charge in [0.1, 0.15) is 0 Å². The second-order valence-electron chi connectivity index (χ2n) is 4.11. The van der Waals surface area contributed by atoms with Crippen LogP contribution in [-0.4, -0.2) is 4.98 Å². The molecule has 2 nitrogen and oxygen atoms in total. The summed E-state index contributed by atoms with van der Waals surface area (Å²) in [7, 11) is 0. The van der Waals surface area contributed by atoms with E-state index < -0.39 is 0 Å². The molecule has 2 aromatic rings. The van der Waals surface area contributed by atoms with Crippen LogP contribution in [0.2, 0.25) is 10.0 Å². The van der Waals surface area contributed by atoms with Crippen LogP contribution in [0.15, 0.2) is 42.6 Å². The van der Waals surface area contributed by atoms with Crippen molar-refractivity contribution < 1.29 is 0 Å². The van der Waals surface area contributed by atoms with Crippen molar-refractivity contribution in [2.24, 2.45) is 5.73 Å². The molecule has 0 fully saturated rings. The molecular formula is C14H14Cl2N2. The van der Waals surface area contributed by atoms with Crippen molar-refractivity contribution in [3.63, 3.8) is 0 Å². The molecule has 94 valence electrons. The molecule has 0 saturated heterocycles. The first-order chi connectivity index (χ1) is 8.68. The van der Waals surface area contributed by atoms with Gasteiger partial charge in [0.2, 0.25) is 0 Å². The maximum absolute atomic E-state index is 6.14. The highest BCUT2D eigenvalue weighted by Gasteiger charge is 2.12. The van der Waals surface area contributed by atoms with Gasteiger partial charge < -0.3 is 5.73 Å². The number of halogens is 2. The Morgan fingerprint density at radius 3 is 2.67 bits per heavy atom. The van der Waals surface area contributed by atoms with E-state index in [1.165, 1.54) is 0 Å². The van der Waals surface area contributed by atoms with Crippen LogP contribution in [-0.2, 0) is 6.42 Å². The van der Waals surface area contributed by atoms with Crippen molar-refractivity contribution in [1.29, 1.82) is 0 Å². The van der Waals surface area contributed by atoms with E-state index in [1.54, 1.807) is 12.3 Å². The van der Waals surface area contributed by atoms with Gasteiger partial charge in [-0.25, -0.2) is 0 Å². The van der Waals surface area contributed by atoms with Gasteiger partial charge in [0.25, 0.3) is 0 Å². The molecule has 1 unspecified atom stereocenters. The third-order valence-corrected chi connectivity index (χ3v) is 3.65. The normalized spacial score (nSPS) is 12.4. The minimum atomic E-state index is -0.127. The van der Waals surface area contributed by atoms with Crippen molar-refractivity contribution in [1.82, 2.24) is 4.98 Å². The molecule has 1 aromatic heterocycles. The third kappa shape index (κ3) is 3.22. The average Bonchev–Trinajstić information content (AvgIpc) is 2.40. The van der Waals surface area contributed by atoms with E-state index in [-0.39, 0.29) is 6.04 Å². The van der Waals surface area contributed by atoms with Gasteiger partial charge in [0, 0.05) is 17.9 Å². The molecule has 0 aliphatic heterocycles. The van der Waals surface area contributed by atoms with Gasteiger partial charge in [-0.05, 0) is 36.6 Å². The van der Waals surface area contributed by atoms with Crippen molar-refractivity contribution in [3.05, 3.63) is 63.9 Å². The molecule has 1 aromatic carbocycles. The largest absolute Gasteiger partial charge is 0.324 e. The molecule has 4 heteroatoms. The number of nitrogens with zero attached hydrogens (tertiary/aromatic N) is 1. The highest BCUT2D eigenvalue weighted by atomic mass is 35.5. The zero-order chi connectivity index (χ0) is 13.0. The molecule has 0 spiro atoms. The lowest BCUT2D eigenvalue weighted by atomic mass is 10.0. The van der Waals surface area contributed by atoms with Crippen molar-refractivity contribution >= 4 is 23.2 Å². The number of hydrogen-bond donors (Lipinski definition) is 1. The Balaban J connectivity index is 2.04. The van der Waals surface area contributed by atoms with Gasteiger partial charge in [-0.15, -0.1) is 0 Å². The summed E-state index contributed by atoms with van der Waals surface area (Å²) in [5.41, 5.74) is 8.06. The van der Waals surface area contributed by atoms with Crippen LogP contribution in [0.5, 0.6) is 0 Å². The molecule has 2 N–H and O–H groups in total. The maximum atomic E-state index is 6.14. The number of hydrogen-bond acceptors (Lipinski definition) is 2. The van der Waals surface area contributed by atoms with E-state index in [1.807, 2.05) is 30.3 Å². The fourth-order valence-electron chi connectivity index (χ4n) is 1.81. The molecule has 0 aliphatic rings. The van der Waals surface area contributed by atoms with Crippen LogP contribution < -0.4 is 5.73 Å². The Hall–Kier alpha value is -1.09. The molecule has 18 heavy (non-hydrogen) atoms. The molecule has 1 atom stereocenters. The van der Waals surface area contributed by atoms with E-state index in [4.69, 9.17) is 28.9 Å². The van der Waals surface area contributed by atoms with Gasteiger partial charge in [0.05, 0.1) is 10.0 Å². The molecule has 0 saturated carbocycles. The first kappa shape index (κ1) is 13.3. The number of aromatic nitrogens is 1. The fraction of sp³-hybridized carbons (Fsp3) is 0.214. The van der Waals surface area contributed by atoms with Crippen LogP contribution >= 0.6 is 23.2 Å². The van der Waals surface area contributed by atoms with E-state index in [0.29, 0.717) is 10.0 Å². The lowest BCUT2D eigenvalue weighted by molar-refractivity contribution is 0.644. The second-order valence-corrected chi connectivity index (χ2v) is 4.89. The summed E-state index contributed by atoms with van der Waals surface area (Å²) < 4.78 is 0. The Kier molecular flexibility index (Phi) is 4.59. The Labute approximate surface area is 117 Å². The van der Waals surface area contributed by atoms with E-state index >= 15 is 0 Å². The van der Waals surface area contributed by atoms with Gasteiger partial charge in [0.15, 0.2) is 0 Å². The Bertz CT molecular complexity index is 514. The van der Waals surface area contributed by atoms with E-state index in [9.17, 15) is 0 Å². The molecule has 0 aliphatic carbocycles. The van der Waals surface area contributed by atoms with Crippen molar-refractivity contribution in [2.45, 2.75) is 18.9 Å². The van der Waals surface area contributed by atoms with E-state index in [0.717, 1.165) is 24.1 Å². The minimum Gasteiger partial charge on any atom is -0.324 e. The summed E-state index contributed by atoms with van der Waals surface area (Å²) in [5, 5.41) is 1.09.